The molecule has 0 unspecified atom stereocenters. The summed E-state index contributed by atoms with van der Waals surface area (Å²) in [4.78, 5) is 0. The zero-order valence-corrected chi connectivity index (χ0v) is 80.6. The molecular formula is C64H142Ge2Si14. The summed E-state index contributed by atoms with van der Waals surface area (Å²) in [7, 11) is -24.2. The number of rotatable bonds is 22. The molecule has 0 aromatic heterocycles. The van der Waals surface area contributed by atoms with Crippen LogP contribution in [0.3, 0.4) is 0 Å². The third-order valence-corrected chi connectivity index (χ3v) is 117. The van der Waals surface area contributed by atoms with Gasteiger partial charge in [-0.25, -0.2) is 0 Å². The molecule has 1 fully saturated rings. The summed E-state index contributed by atoms with van der Waals surface area (Å²) in [5.41, 5.74) is 11.9. The van der Waals surface area contributed by atoms with E-state index in [1.54, 1.807) is 21.0 Å². The molecule has 80 heavy (non-hydrogen) atoms. The van der Waals surface area contributed by atoms with E-state index >= 15 is 0 Å². The molecule has 2 aromatic rings. The third-order valence-electron chi connectivity index (χ3n) is 20.4. The molecule has 1 heterocycles. The van der Waals surface area contributed by atoms with Gasteiger partial charge in [0.15, 0.2) is 0 Å². The average Bonchev–Trinajstić information content (AvgIpc) is 3.07. The molecule has 0 nitrogen and oxygen atoms in total. The Morgan fingerprint density at radius 2 is 0.362 bits per heavy atom. The Morgan fingerprint density at radius 3 is 0.463 bits per heavy atom. The summed E-state index contributed by atoms with van der Waals surface area (Å²) < 4.78 is 5.05. The molecule has 0 saturated carbocycles. The Bertz CT molecular complexity index is 2060. The predicted octanol–water partition coefficient (Wildman–Crippen LogP) is 21.9. The Balaban J connectivity index is 2.92. The summed E-state index contributed by atoms with van der Waals surface area (Å²) in [5, 5.41) is 9.53. The molecule has 16 heteroatoms. The van der Waals surface area contributed by atoms with Crippen LogP contribution in [0.15, 0.2) is 24.3 Å². The van der Waals surface area contributed by atoms with Crippen molar-refractivity contribution in [1.82, 2.24) is 0 Å². The van der Waals surface area contributed by atoms with Crippen molar-refractivity contribution < 1.29 is 0 Å². The zero-order chi connectivity index (χ0) is 63.7. The van der Waals surface area contributed by atoms with Crippen LogP contribution < -0.4 is 8.79 Å². The average molecular weight is 1450 g/mol. The first-order valence-electron chi connectivity index (χ1n) is 32.7. The summed E-state index contributed by atoms with van der Waals surface area (Å²) in [6.45, 7) is 119. The Hall–Kier alpha value is 2.56. The van der Waals surface area contributed by atoms with Crippen molar-refractivity contribution in [1.29, 1.82) is 0 Å². The van der Waals surface area contributed by atoms with Gasteiger partial charge in [-0.15, -0.1) is 0 Å². The van der Waals surface area contributed by atoms with E-state index in [2.05, 4.69) is 308 Å². The SMILES string of the molecule is C[Si](C)(C)C(c1cc(C([Si](C)(C)C)([Si](C)(C)C)[Si](C)(C)C)cc(C([Si](C)(C)C)[Si](C)(C)C)[c]1[Ge]1[CH2][CH2][Ge]([c]2c(C([Si](C)(C)C)[Si](C)(C)C)cc(C([Si](C)(C)C)([Si](C)(C)C)[Si](C)(C)C)cc2C([Si](C)(C)C)[Si](C)(C)C)[CH2][CH2]1)[Si](C)(C)C. The van der Waals surface area contributed by atoms with Gasteiger partial charge in [0.1, 0.15) is 0 Å². The second-order valence-corrected chi connectivity index (χ2v) is 133. The Kier molecular flexibility index (Phi) is 23.0. The van der Waals surface area contributed by atoms with Gasteiger partial charge in [-0.3, -0.25) is 0 Å². The summed E-state index contributed by atoms with van der Waals surface area (Å²) >= 11 is -3.70. The summed E-state index contributed by atoms with van der Waals surface area (Å²) in [6.07, 6.45) is 0. The van der Waals surface area contributed by atoms with Crippen molar-refractivity contribution in [3.63, 3.8) is 0 Å². The fourth-order valence-electron chi connectivity index (χ4n) is 23.2. The van der Waals surface area contributed by atoms with Gasteiger partial charge >= 0.3 is 533 Å². The third kappa shape index (κ3) is 15.3. The Morgan fingerprint density at radius 1 is 0.237 bits per heavy atom. The minimum absolute atomic E-state index is 0.377. The van der Waals surface area contributed by atoms with Gasteiger partial charge in [0.05, 0.1) is 0 Å². The number of hydrogen-bond acceptors (Lipinski definition) is 0. The van der Waals surface area contributed by atoms with Crippen molar-refractivity contribution in [2.24, 2.45) is 0 Å². The van der Waals surface area contributed by atoms with E-state index in [1.807, 2.05) is 33.4 Å². The monoisotopic (exact) mass is 1450 g/mol. The van der Waals surface area contributed by atoms with Gasteiger partial charge in [0.2, 0.25) is 0 Å². The van der Waals surface area contributed by atoms with E-state index in [-0.39, 0.29) is 0 Å². The predicted molar refractivity (Wildman–Crippen MR) is 424 cm³/mol. The zero-order valence-electron chi connectivity index (χ0n) is 62.4. The molecule has 462 valence electrons. The topological polar surface area (TPSA) is 0 Å². The molecule has 1 saturated heterocycles. The van der Waals surface area contributed by atoms with Crippen LogP contribution in [0.4, 0.5) is 0 Å². The van der Waals surface area contributed by atoms with Crippen molar-refractivity contribution in [2.45, 2.75) is 325 Å². The maximum absolute atomic E-state index is 3.17. The molecule has 0 atom stereocenters. The second-order valence-electron chi connectivity index (χ2n) is 41.9. The number of hydrogen-bond donors (Lipinski definition) is 0. The van der Waals surface area contributed by atoms with Gasteiger partial charge in [0.25, 0.3) is 0 Å². The molecule has 2 radical (unpaired) electrons. The standard InChI is InChI=1S/C64H142Ge2Si14/c1-67(2,3)59(68(4,5)6)53-47-51(63(75(25,26)27,76(28,29)30)77(31,32)33)48-54(60(69(7,8)9)70(10,11)12)57(53)65-43-45-66(46-44-65)58-55(61(71(13,14)15)72(16,17)18)49-52(50-56(58)62(73(19,20)21)74(22,23)24)64(78(34,35)36,79(37,38)39)80(40,41)42/h47-50,59-62H,43-46H2,1-42H3. The molecule has 0 bridgehead atoms. The van der Waals surface area contributed by atoms with Crippen molar-refractivity contribution in [3.8, 4) is 0 Å². The molecule has 1 aliphatic heterocycles. The van der Waals surface area contributed by atoms with E-state index in [9.17, 15) is 0 Å². The van der Waals surface area contributed by atoms with Crippen LogP contribution in [0, 0.1) is 0 Å². The van der Waals surface area contributed by atoms with Gasteiger partial charge in [-0.2, -0.15) is 0 Å². The van der Waals surface area contributed by atoms with Gasteiger partial charge in [-0.05, 0) is 0 Å². The first-order valence-corrected chi connectivity index (χ1v) is 90.3. The van der Waals surface area contributed by atoms with Crippen LogP contribution >= 0.6 is 0 Å². The van der Waals surface area contributed by atoms with Crippen LogP contribution in [0.25, 0.3) is 0 Å². The molecule has 0 aliphatic carbocycles. The van der Waals surface area contributed by atoms with Crippen molar-refractivity contribution in [3.05, 3.63) is 57.6 Å². The minimum atomic E-state index is -1.85. The van der Waals surface area contributed by atoms with E-state index in [0.717, 1.165) is 20.7 Å². The van der Waals surface area contributed by atoms with Gasteiger partial charge < -0.3 is 0 Å². The molecule has 1 aliphatic rings. The quantitative estimate of drug-likeness (QED) is 0.103. The van der Waals surface area contributed by atoms with Crippen molar-refractivity contribution in [2.75, 3.05) is 0 Å². The fraction of sp³-hybridized carbons (Fsp3) is 0.812. The second kappa shape index (κ2) is 24.0. The molecule has 0 spiro atoms. The molecule has 2 aromatic carbocycles. The van der Waals surface area contributed by atoms with Gasteiger partial charge in [0, 0.05) is 0 Å². The summed E-state index contributed by atoms with van der Waals surface area (Å²) in [6, 6.07) is 12.7. The van der Waals surface area contributed by atoms with Gasteiger partial charge in [-0.1, -0.05) is 0 Å². The summed E-state index contributed by atoms with van der Waals surface area (Å²) in [5.74, 6) is 0. The molecule has 0 amide bonds. The molecule has 0 N–H and O–H groups in total. The van der Waals surface area contributed by atoms with E-state index in [0.29, 0.717) is 8.57 Å². The first-order chi connectivity index (χ1) is 34.6. The Labute approximate surface area is 527 Å². The molecular weight excluding hydrogens is 1310 g/mol. The van der Waals surface area contributed by atoms with Crippen molar-refractivity contribution >= 4 is 151 Å². The van der Waals surface area contributed by atoms with E-state index < -0.39 is 142 Å². The van der Waals surface area contributed by atoms with E-state index in [4.69, 9.17) is 0 Å². The first kappa shape index (κ1) is 76.8. The van der Waals surface area contributed by atoms with Crippen LogP contribution in [-0.2, 0) is 8.57 Å². The maximum atomic E-state index is 3.17. The fourth-order valence-corrected chi connectivity index (χ4v) is 161. The van der Waals surface area contributed by atoms with Crippen LogP contribution in [0.5, 0.6) is 0 Å². The normalized spacial score (nSPS) is 17.3. The van der Waals surface area contributed by atoms with Crippen LogP contribution in [-0.4, -0.2) is 142 Å². The molecule has 3 rings (SSSR count). The van der Waals surface area contributed by atoms with Crippen LogP contribution in [0.1, 0.15) is 54.0 Å². The van der Waals surface area contributed by atoms with E-state index in [1.165, 1.54) is 0 Å². The van der Waals surface area contributed by atoms with Crippen LogP contribution in [0.2, 0.25) is 296 Å². The number of benzene rings is 2.